The first-order valence-corrected chi connectivity index (χ1v) is 88.5. The molecule has 0 aliphatic rings. The molecule has 0 aliphatic heterocycles. The normalized spacial score (nSPS) is 14.7. The van der Waals surface area contributed by atoms with Crippen molar-refractivity contribution >= 4 is 159 Å². The predicted octanol–water partition coefficient (Wildman–Crippen LogP) is 21.8. The smallest absolute Gasteiger partial charge is 0.465 e. The molecule has 0 aromatic rings. The molecule has 0 spiro atoms. The van der Waals surface area contributed by atoms with E-state index in [2.05, 4.69) is 246 Å². The van der Waals surface area contributed by atoms with Crippen molar-refractivity contribution in [3.63, 3.8) is 0 Å². The van der Waals surface area contributed by atoms with E-state index in [1.165, 1.54) is 0 Å². The summed E-state index contributed by atoms with van der Waals surface area (Å²) in [6.07, 6.45) is 6.32. The van der Waals surface area contributed by atoms with E-state index in [9.17, 15) is 19.2 Å². The van der Waals surface area contributed by atoms with Crippen LogP contribution in [0.15, 0.2) is 0 Å². The summed E-state index contributed by atoms with van der Waals surface area (Å²) in [5.74, 6) is -0.00848. The lowest BCUT2D eigenvalue weighted by molar-refractivity contribution is -0.154. The summed E-state index contributed by atoms with van der Waals surface area (Å²) in [7, 11) is -33.4. The van der Waals surface area contributed by atoms with Gasteiger partial charge in [0, 0.05) is 48.6 Å². The van der Waals surface area contributed by atoms with E-state index in [-0.39, 0.29) is 41.0 Å². The van der Waals surface area contributed by atoms with Crippen LogP contribution in [0.1, 0.15) is 121 Å². The van der Waals surface area contributed by atoms with Gasteiger partial charge in [-0.2, -0.15) is 0 Å². The van der Waals surface area contributed by atoms with Crippen molar-refractivity contribution in [2.75, 3.05) is 26.3 Å². The average Bonchev–Trinajstić information content (AvgIpc) is 0.823. The molecular weight excluding hydrogens is 1610 g/mol. The first-order valence-electron chi connectivity index (χ1n) is 39.9. The second-order valence-electron chi connectivity index (χ2n) is 41.7. The summed E-state index contributed by atoms with van der Waals surface area (Å²) in [5, 5.41) is 6.13. The number of carbonyl (C=O) groups is 4. The number of ether oxygens (including phenoxy) is 2. The van der Waals surface area contributed by atoms with Crippen molar-refractivity contribution in [1.29, 1.82) is 0 Å². The molecular formula is C70H174N2O18Si16. The summed E-state index contributed by atoms with van der Waals surface area (Å²) in [6.45, 7) is 101. The molecule has 36 heteroatoms. The number of rotatable bonds is 48. The second-order valence-corrected chi connectivity index (χ2v) is 110. The number of esters is 2. The molecule has 0 bridgehead atoms. The van der Waals surface area contributed by atoms with Gasteiger partial charge in [-0.05, 0) is 301 Å². The molecule has 20 nitrogen and oxygen atoms in total. The lowest BCUT2D eigenvalue weighted by Gasteiger charge is -2.43. The Morgan fingerprint density at radius 2 is 0.500 bits per heavy atom. The SMILES string of the molecule is CCC(C)(C)C(=O)NCCC[Si](O[Si](C)(C)C)(O[Si](C)(C)C)O[Si](C)(C)C.CCC(C)(C)C(=O)OCCC[Si](O[Si](C)(C)C)(O[Si](C)(C)C)O[Si](C)(C)C.CCC(C)C(=O)NCCC[Si](O[Si](C)(C)C)(O[Si](C)(C)C)O[Si](C)(C)C.CCC(C)C(=O)OCCC[Si](O[Si](C)(C)C)(O[Si](C)(C)C)O[Si](C)(C)C. The van der Waals surface area contributed by atoms with Crippen LogP contribution in [-0.2, 0) is 78.0 Å². The molecule has 0 fully saturated rings. The van der Waals surface area contributed by atoms with Gasteiger partial charge in [0.1, 0.15) is 0 Å². The van der Waals surface area contributed by atoms with Gasteiger partial charge >= 0.3 is 47.2 Å². The molecule has 0 radical (unpaired) electrons. The Balaban J connectivity index is -0.000000654. The van der Waals surface area contributed by atoms with Gasteiger partial charge < -0.3 is 69.5 Å². The quantitative estimate of drug-likeness (QED) is 0.0328. The minimum atomic E-state index is -2.83. The van der Waals surface area contributed by atoms with Gasteiger partial charge in [0.15, 0.2) is 99.8 Å². The summed E-state index contributed by atoms with van der Waals surface area (Å²) in [5.41, 5.74) is -0.764. The van der Waals surface area contributed by atoms with Crippen LogP contribution in [0.3, 0.4) is 0 Å². The van der Waals surface area contributed by atoms with Gasteiger partial charge in [0.05, 0.1) is 24.5 Å². The van der Waals surface area contributed by atoms with Gasteiger partial charge in [0.2, 0.25) is 11.8 Å². The first kappa shape index (κ1) is 113. The minimum absolute atomic E-state index is 0.0494. The Bertz CT molecular complexity index is 2180. The van der Waals surface area contributed by atoms with E-state index in [4.69, 9.17) is 58.9 Å². The Labute approximate surface area is 671 Å². The highest BCUT2D eigenvalue weighted by atomic mass is 28.5. The highest BCUT2D eigenvalue weighted by molar-refractivity contribution is 6.93. The lowest BCUT2D eigenvalue weighted by atomic mass is 9.89. The monoisotopic (exact) mass is 1780 g/mol. The lowest BCUT2D eigenvalue weighted by Crippen LogP contribution is -2.60. The molecule has 0 saturated carbocycles. The van der Waals surface area contributed by atoms with Crippen molar-refractivity contribution in [2.45, 2.75) is 380 Å². The van der Waals surface area contributed by atoms with Gasteiger partial charge in [-0.15, -0.1) is 0 Å². The molecule has 106 heavy (non-hydrogen) atoms. The number of hydrogen-bond acceptors (Lipinski definition) is 18. The summed E-state index contributed by atoms with van der Waals surface area (Å²) in [6, 6.07) is 2.94. The topological polar surface area (TPSA) is 222 Å². The molecule has 0 aliphatic carbocycles. The number of amides is 2. The van der Waals surface area contributed by atoms with Crippen molar-refractivity contribution in [1.82, 2.24) is 10.6 Å². The third kappa shape index (κ3) is 62.2. The zero-order valence-corrected chi connectivity index (χ0v) is 93.8. The zero-order chi connectivity index (χ0) is 85.1. The Hall–Kier alpha value is 0.870. The molecule has 0 saturated heterocycles. The molecule has 2 unspecified atom stereocenters. The fourth-order valence-corrected chi connectivity index (χ4v) is 68.4. The van der Waals surface area contributed by atoms with Crippen LogP contribution in [0.5, 0.6) is 0 Å². The van der Waals surface area contributed by atoms with Crippen LogP contribution in [0, 0.1) is 22.7 Å². The Kier molecular flexibility index (Phi) is 49.3. The molecule has 636 valence electrons. The van der Waals surface area contributed by atoms with Crippen LogP contribution >= 0.6 is 0 Å². The third-order valence-corrected chi connectivity index (χ3v) is 62.4. The second kappa shape index (κ2) is 46.1. The molecule has 0 aromatic carbocycles. The average molecular weight is 1780 g/mol. The summed E-state index contributed by atoms with van der Waals surface area (Å²) in [4.78, 5) is 48.5. The van der Waals surface area contributed by atoms with Gasteiger partial charge in [-0.3, -0.25) is 19.2 Å². The molecule has 0 rings (SSSR count). The maximum atomic E-state index is 12.3. The molecule has 0 aromatic heterocycles. The van der Waals surface area contributed by atoms with Crippen molar-refractivity contribution in [2.24, 2.45) is 22.7 Å². The van der Waals surface area contributed by atoms with E-state index in [1.807, 2.05) is 69.2 Å². The highest BCUT2D eigenvalue weighted by Crippen LogP contribution is 2.35. The van der Waals surface area contributed by atoms with Crippen LogP contribution < -0.4 is 10.6 Å². The number of nitrogens with one attached hydrogen (secondary N) is 2. The predicted molar refractivity (Wildman–Crippen MR) is 489 cm³/mol. The Morgan fingerprint density at radius 3 is 0.708 bits per heavy atom. The molecule has 2 atom stereocenters. The molecule has 2 N–H and O–H groups in total. The Morgan fingerprint density at radius 1 is 0.292 bits per heavy atom. The molecule has 0 heterocycles. The van der Waals surface area contributed by atoms with E-state index in [0.717, 1.165) is 50.6 Å². The number of carbonyl (C=O) groups excluding carboxylic acids is 4. The highest BCUT2D eigenvalue weighted by Gasteiger charge is 2.54. The van der Waals surface area contributed by atoms with Gasteiger partial charge in [-0.25, -0.2) is 0 Å². The summed E-state index contributed by atoms with van der Waals surface area (Å²) >= 11 is 0. The van der Waals surface area contributed by atoms with Crippen molar-refractivity contribution < 1.29 is 78.0 Å². The van der Waals surface area contributed by atoms with E-state index in [1.54, 1.807) is 0 Å². The third-order valence-electron chi connectivity index (χ3n) is 14.2. The van der Waals surface area contributed by atoms with E-state index >= 15 is 0 Å². The van der Waals surface area contributed by atoms with Crippen molar-refractivity contribution in [3.8, 4) is 0 Å². The molecule has 2 amide bonds. The van der Waals surface area contributed by atoms with E-state index < -0.39 is 140 Å². The van der Waals surface area contributed by atoms with Crippen molar-refractivity contribution in [3.05, 3.63) is 0 Å². The van der Waals surface area contributed by atoms with Crippen LogP contribution in [0.2, 0.25) is 260 Å². The zero-order valence-electron chi connectivity index (χ0n) is 77.8. The fourth-order valence-electron chi connectivity index (χ4n) is 9.81. The van der Waals surface area contributed by atoms with Gasteiger partial charge in [-0.1, -0.05) is 55.4 Å². The first-order chi connectivity index (χ1) is 46.6. The maximum absolute atomic E-state index is 12.3. The number of hydrogen-bond donors (Lipinski definition) is 2. The van der Waals surface area contributed by atoms with Crippen LogP contribution in [0.25, 0.3) is 0 Å². The van der Waals surface area contributed by atoms with Gasteiger partial charge in [0.25, 0.3) is 0 Å². The minimum Gasteiger partial charge on any atom is -0.465 e. The summed E-state index contributed by atoms with van der Waals surface area (Å²) < 4.78 is 90.6. The van der Waals surface area contributed by atoms with Crippen LogP contribution in [-0.4, -0.2) is 185 Å². The maximum Gasteiger partial charge on any atom is 0.469 e. The van der Waals surface area contributed by atoms with E-state index in [0.29, 0.717) is 51.2 Å². The standard InChI is InChI=1S/C18H45NO4Si4.C18H44O5Si4.C17H43NO4Si4.C17H42O5Si4/c1-13-18(2,3)17(20)19-15-14-16-27(21-24(4,5)6,22-25(7,8)9)23-26(10,11)12;1-13-18(2,3)17(19)20-15-14-16-27(21-24(4,5)6,22-25(7,8)9)23-26(10,11)12;1-12-16(2)17(19)18-14-13-15-26(20-23(3,4)5,21-24(6,7)8)22-25(9,10)11;1-12-16(2)17(18)19-14-13-15-26(20-23(3,4)5,21-24(6,7)8)22-25(9,10)11/h13-16H2,1-12H3,(H,19,20);13-16H2,1-12H3;16H,12-15H2,1-11H3,(H,18,19);16H,12-15H2,1-11H3. The van der Waals surface area contributed by atoms with Crippen LogP contribution in [0.4, 0.5) is 0 Å². The largest absolute Gasteiger partial charge is 0.469 e. The fraction of sp³-hybridized carbons (Fsp3) is 0.943.